The number of carbonyl (C=O) groups is 1. The zero-order valence-corrected chi connectivity index (χ0v) is 13.0. The predicted molar refractivity (Wildman–Crippen MR) is 82.7 cm³/mol. The Balaban J connectivity index is 1.83. The lowest BCUT2D eigenvalue weighted by atomic mass is 10.1. The van der Waals surface area contributed by atoms with Crippen LogP contribution in [0.2, 0.25) is 0 Å². The van der Waals surface area contributed by atoms with Crippen molar-refractivity contribution in [1.29, 1.82) is 0 Å². The molecule has 116 valence electrons. The molecule has 0 atom stereocenters. The second-order valence-corrected chi connectivity index (χ2v) is 5.50. The van der Waals surface area contributed by atoms with Gasteiger partial charge in [-0.3, -0.25) is 4.79 Å². The van der Waals surface area contributed by atoms with Gasteiger partial charge < -0.3 is 14.4 Å². The topological polar surface area (TPSA) is 38.8 Å². The molecule has 1 fully saturated rings. The number of amides is 1. The molecule has 1 aromatic carbocycles. The second kappa shape index (κ2) is 7.91. The Labute approximate surface area is 127 Å². The summed E-state index contributed by atoms with van der Waals surface area (Å²) in [7, 11) is 0. The van der Waals surface area contributed by atoms with Gasteiger partial charge in [-0.05, 0) is 18.6 Å². The number of hydrogen-bond acceptors (Lipinski definition) is 3. The van der Waals surface area contributed by atoms with Crippen LogP contribution in [0.5, 0.6) is 11.5 Å². The number of ether oxygens (including phenoxy) is 2. The largest absolute Gasteiger partial charge is 0.493 e. The van der Waals surface area contributed by atoms with Gasteiger partial charge in [0, 0.05) is 38.9 Å². The third-order valence-electron chi connectivity index (χ3n) is 3.76. The van der Waals surface area contributed by atoms with Gasteiger partial charge in [-0.1, -0.05) is 19.4 Å². The van der Waals surface area contributed by atoms with Crippen molar-refractivity contribution in [3.8, 4) is 11.5 Å². The summed E-state index contributed by atoms with van der Waals surface area (Å²) in [6, 6.07) is 7.83. The molecule has 0 spiro atoms. The average molecular weight is 291 g/mol. The van der Waals surface area contributed by atoms with Crippen LogP contribution >= 0.6 is 0 Å². The van der Waals surface area contributed by atoms with E-state index in [2.05, 4.69) is 6.92 Å². The van der Waals surface area contributed by atoms with E-state index in [0.29, 0.717) is 0 Å². The molecule has 0 unspecified atom stereocenters. The molecule has 1 heterocycles. The van der Waals surface area contributed by atoms with Crippen LogP contribution in [-0.2, 0) is 4.79 Å². The zero-order chi connectivity index (χ0) is 15.1. The fourth-order valence-electron chi connectivity index (χ4n) is 2.45. The molecule has 0 aliphatic carbocycles. The molecule has 0 aromatic heterocycles. The molecule has 4 heteroatoms. The maximum Gasteiger partial charge on any atom is 0.219 e. The molecule has 1 amide bonds. The summed E-state index contributed by atoms with van der Waals surface area (Å²) in [6.07, 6.45) is 4.16. The van der Waals surface area contributed by atoms with Crippen LogP contribution in [0.1, 0.15) is 39.5 Å². The Kier molecular flexibility index (Phi) is 5.90. The van der Waals surface area contributed by atoms with Crippen molar-refractivity contribution in [3.63, 3.8) is 0 Å². The van der Waals surface area contributed by atoms with E-state index in [9.17, 15) is 4.79 Å². The first-order valence-electron chi connectivity index (χ1n) is 7.84. The highest BCUT2D eigenvalue weighted by Gasteiger charge is 2.21. The first-order chi connectivity index (χ1) is 10.2. The lowest BCUT2D eigenvalue weighted by molar-refractivity contribution is -0.130. The van der Waals surface area contributed by atoms with Gasteiger partial charge in [0.15, 0.2) is 0 Å². The summed E-state index contributed by atoms with van der Waals surface area (Å²) >= 11 is 0. The number of rotatable bonds is 6. The Morgan fingerprint density at radius 3 is 2.67 bits per heavy atom. The molecular formula is C17H25NO3. The number of nitrogens with zero attached hydrogens (tertiary/aromatic N) is 1. The number of piperidine rings is 1. The summed E-state index contributed by atoms with van der Waals surface area (Å²) in [5.41, 5.74) is 0. The van der Waals surface area contributed by atoms with Crippen LogP contribution in [0.3, 0.4) is 0 Å². The van der Waals surface area contributed by atoms with E-state index in [1.54, 1.807) is 6.92 Å². The third-order valence-corrected chi connectivity index (χ3v) is 3.76. The van der Waals surface area contributed by atoms with Crippen LogP contribution < -0.4 is 9.47 Å². The molecule has 1 aliphatic heterocycles. The minimum absolute atomic E-state index is 0.153. The Morgan fingerprint density at radius 1 is 1.29 bits per heavy atom. The summed E-state index contributed by atoms with van der Waals surface area (Å²) in [6.45, 7) is 6.09. The predicted octanol–water partition coefficient (Wildman–Crippen LogP) is 3.26. The average Bonchev–Trinajstić information content (AvgIpc) is 2.48. The van der Waals surface area contributed by atoms with Crippen molar-refractivity contribution in [2.24, 2.45) is 0 Å². The molecular weight excluding hydrogens is 266 g/mol. The number of carbonyl (C=O) groups excluding carboxylic acids is 1. The molecule has 4 nitrogen and oxygen atoms in total. The summed E-state index contributed by atoms with van der Waals surface area (Å²) < 4.78 is 11.7. The highest BCUT2D eigenvalue weighted by Crippen LogP contribution is 2.23. The second-order valence-electron chi connectivity index (χ2n) is 5.50. The molecule has 1 saturated heterocycles. The molecule has 0 radical (unpaired) electrons. The van der Waals surface area contributed by atoms with Gasteiger partial charge in [0.1, 0.15) is 17.6 Å². The van der Waals surface area contributed by atoms with Crippen LogP contribution in [0.25, 0.3) is 0 Å². The van der Waals surface area contributed by atoms with Gasteiger partial charge in [-0.25, -0.2) is 0 Å². The standard InChI is InChI=1S/C17H25NO3/c1-3-4-12-20-16-6-5-7-17(13-16)21-15-8-10-18(11-9-15)14(2)19/h5-7,13,15H,3-4,8-12H2,1-2H3. The first kappa shape index (κ1) is 15.7. The molecule has 0 N–H and O–H groups in total. The first-order valence-corrected chi connectivity index (χ1v) is 7.84. The van der Waals surface area contributed by atoms with Crippen molar-refractivity contribution >= 4 is 5.91 Å². The van der Waals surface area contributed by atoms with Crippen molar-refractivity contribution < 1.29 is 14.3 Å². The maximum atomic E-state index is 11.3. The monoisotopic (exact) mass is 291 g/mol. The Hall–Kier alpha value is -1.71. The van der Waals surface area contributed by atoms with Crippen molar-refractivity contribution in [3.05, 3.63) is 24.3 Å². The minimum Gasteiger partial charge on any atom is -0.493 e. The molecule has 21 heavy (non-hydrogen) atoms. The van der Waals surface area contributed by atoms with Crippen LogP contribution in [-0.4, -0.2) is 36.6 Å². The van der Waals surface area contributed by atoms with Crippen LogP contribution in [0, 0.1) is 0 Å². The van der Waals surface area contributed by atoms with Crippen molar-refractivity contribution in [2.45, 2.75) is 45.6 Å². The van der Waals surface area contributed by atoms with Gasteiger partial charge in [0.2, 0.25) is 5.91 Å². The third kappa shape index (κ3) is 4.96. The fraction of sp³-hybridized carbons (Fsp3) is 0.588. The van der Waals surface area contributed by atoms with Gasteiger partial charge in [0.05, 0.1) is 6.61 Å². The highest BCUT2D eigenvalue weighted by molar-refractivity contribution is 5.73. The van der Waals surface area contributed by atoms with Gasteiger partial charge in [0.25, 0.3) is 0 Å². The summed E-state index contributed by atoms with van der Waals surface area (Å²) in [5, 5.41) is 0. The van der Waals surface area contributed by atoms with E-state index in [4.69, 9.17) is 9.47 Å². The van der Waals surface area contributed by atoms with Crippen LogP contribution in [0.15, 0.2) is 24.3 Å². The Morgan fingerprint density at radius 2 is 2.00 bits per heavy atom. The maximum absolute atomic E-state index is 11.3. The highest BCUT2D eigenvalue weighted by atomic mass is 16.5. The molecule has 0 saturated carbocycles. The molecule has 0 bridgehead atoms. The lowest BCUT2D eigenvalue weighted by Crippen LogP contribution is -2.40. The van der Waals surface area contributed by atoms with Crippen molar-refractivity contribution in [1.82, 2.24) is 4.90 Å². The van der Waals surface area contributed by atoms with E-state index in [0.717, 1.165) is 56.9 Å². The Bertz CT molecular complexity index is 453. The van der Waals surface area contributed by atoms with E-state index in [-0.39, 0.29) is 12.0 Å². The van der Waals surface area contributed by atoms with E-state index >= 15 is 0 Å². The number of unbranched alkanes of at least 4 members (excludes halogenated alkanes) is 1. The quantitative estimate of drug-likeness (QED) is 0.755. The van der Waals surface area contributed by atoms with E-state index in [1.807, 2.05) is 29.2 Å². The summed E-state index contributed by atoms with van der Waals surface area (Å²) in [5.74, 6) is 1.87. The van der Waals surface area contributed by atoms with Gasteiger partial charge in [-0.2, -0.15) is 0 Å². The summed E-state index contributed by atoms with van der Waals surface area (Å²) in [4.78, 5) is 13.2. The smallest absolute Gasteiger partial charge is 0.219 e. The number of benzene rings is 1. The molecule has 1 aromatic rings. The van der Waals surface area contributed by atoms with Gasteiger partial charge >= 0.3 is 0 Å². The zero-order valence-electron chi connectivity index (χ0n) is 13.0. The normalized spacial score (nSPS) is 15.8. The molecule has 1 aliphatic rings. The van der Waals surface area contributed by atoms with Crippen molar-refractivity contribution in [2.75, 3.05) is 19.7 Å². The lowest BCUT2D eigenvalue weighted by Gasteiger charge is -2.31. The molecule has 2 rings (SSSR count). The van der Waals surface area contributed by atoms with Crippen LogP contribution in [0.4, 0.5) is 0 Å². The minimum atomic E-state index is 0.153. The van der Waals surface area contributed by atoms with E-state index in [1.165, 1.54) is 0 Å². The number of likely N-dealkylation sites (tertiary alicyclic amines) is 1. The SMILES string of the molecule is CCCCOc1cccc(OC2CCN(C(C)=O)CC2)c1. The van der Waals surface area contributed by atoms with E-state index < -0.39 is 0 Å². The fourth-order valence-corrected chi connectivity index (χ4v) is 2.45. The van der Waals surface area contributed by atoms with Gasteiger partial charge in [-0.15, -0.1) is 0 Å². The number of hydrogen-bond donors (Lipinski definition) is 0.